The summed E-state index contributed by atoms with van der Waals surface area (Å²) < 4.78 is 2.52. The van der Waals surface area contributed by atoms with Crippen molar-refractivity contribution < 1.29 is 0 Å². The van der Waals surface area contributed by atoms with Gasteiger partial charge >= 0.3 is 0 Å². The third-order valence-electron chi connectivity index (χ3n) is 11.6. The molecule has 0 atom stereocenters. The largest absolute Gasteiger partial charge is 0.309 e. The third kappa shape index (κ3) is 5.57. The Bertz CT molecular complexity index is 3260. The Morgan fingerprint density at radius 1 is 0.293 bits per heavy atom. The van der Waals surface area contributed by atoms with Crippen molar-refractivity contribution in [1.82, 2.24) is 4.57 Å². The fourth-order valence-corrected chi connectivity index (χ4v) is 8.97. The first-order valence-electron chi connectivity index (χ1n) is 19.9. The molecule has 11 rings (SSSR count). The summed E-state index contributed by atoms with van der Waals surface area (Å²) in [5.74, 6) is 0. The Hall–Kier alpha value is -7.68. The van der Waals surface area contributed by atoms with Crippen LogP contribution in [0.3, 0.4) is 0 Å². The van der Waals surface area contributed by atoms with Crippen LogP contribution < -0.4 is 4.90 Å². The van der Waals surface area contributed by atoms with Gasteiger partial charge < -0.3 is 9.47 Å². The molecule has 2 nitrogen and oxygen atoms in total. The second-order valence-electron chi connectivity index (χ2n) is 14.9. The Morgan fingerprint density at radius 3 is 1.62 bits per heavy atom. The SMILES string of the molecule is c1ccc(-c2ccc(N(c3ccccc3-c3ccccc3)c3cccc4c3c3ccccc3n4-c3c(-c4cccc5ccccc45)ccc4ccccc34)cc2)cc1. The number of fused-ring (bicyclic) bond motifs is 5. The van der Waals surface area contributed by atoms with Crippen LogP contribution in [0, 0.1) is 0 Å². The number of anilines is 3. The summed E-state index contributed by atoms with van der Waals surface area (Å²) in [6.07, 6.45) is 0. The molecule has 0 saturated heterocycles. The number of benzene rings is 10. The van der Waals surface area contributed by atoms with E-state index < -0.39 is 0 Å². The van der Waals surface area contributed by atoms with E-state index in [1.54, 1.807) is 0 Å². The van der Waals surface area contributed by atoms with E-state index in [-0.39, 0.29) is 0 Å². The predicted octanol–water partition coefficient (Wildman–Crippen LogP) is 15.6. The molecule has 0 spiro atoms. The molecule has 0 aliphatic carbocycles. The van der Waals surface area contributed by atoms with E-state index in [4.69, 9.17) is 0 Å². The lowest BCUT2D eigenvalue weighted by molar-refractivity contribution is 1.20. The molecule has 0 amide bonds. The van der Waals surface area contributed by atoms with Gasteiger partial charge in [0, 0.05) is 33.0 Å². The van der Waals surface area contributed by atoms with Gasteiger partial charge in [-0.15, -0.1) is 0 Å². The van der Waals surface area contributed by atoms with E-state index in [9.17, 15) is 0 Å². The molecular weight excluding hydrogens is 701 g/mol. The molecule has 0 N–H and O–H groups in total. The first-order valence-corrected chi connectivity index (χ1v) is 19.9. The van der Waals surface area contributed by atoms with E-state index in [1.807, 2.05) is 0 Å². The fourth-order valence-electron chi connectivity index (χ4n) is 8.97. The van der Waals surface area contributed by atoms with Crippen molar-refractivity contribution in [1.29, 1.82) is 0 Å². The van der Waals surface area contributed by atoms with E-state index in [0.717, 1.165) is 22.6 Å². The molecule has 0 aliphatic rings. The van der Waals surface area contributed by atoms with Crippen molar-refractivity contribution in [2.45, 2.75) is 0 Å². The van der Waals surface area contributed by atoms with Gasteiger partial charge in [-0.25, -0.2) is 0 Å². The lowest BCUT2D eigenvalue weighted by Gasteiger charge is -2.29. The topological polar surface area (TPSA) is 8.17 Å². The highest BCUT2D eigenvalue weighted by Gasteiger charge is 2.25. The van der Waals surface area contributed by atoms with Crippen molar-refractivity contribution in [2.24, 2.45) is 0 Å². The highest BCUT2D eigenvalue weighted by atomic mass is 15.2. The van der Waals surface area contributed by atoms with Gasteiger partial charge in [0.2, 0.25) is 0 Å². The summed E-state index contributed by atoms with van der Waals surface area (Å²) >= 11 is 0. The van der Waals surface area contributed by atoms with E-state index in [2.05, 4.69) is 240 Å². The molecule has 0 unspecified atom stereocenters. The van der Waals surface area contributed by atoms with E-state index >= 15 is 0 Å². The molecule has 0 fully saturated rings. The van der Waals surface area contributed by atoms with Crippen LogP contribution in [-0.2, 0) is 0 Å². The van der Waals surface area contributed by atoms with Gasteiger partial charge in [0.05, 0.1) is 28.1 Å². The number of hydrogen-bond acceptors (Lipinski definition) is 1. The van der Waals surface area contributed by atoms with Crippen LogP contribution in [-0.4, -0.2) is 4.57 Å². The fraction of sp³-hybridized carbons (Fsp3) is 0. The number of aromatic nitrogens is 1. The van der Waals surface area contributed by atoms with Gasteiger partial charge in [0.1, 0.15) is 0 Å². The molecule has 0 radical (unpaired) electrons. The Balaban J connectivity index is 1.23. The van der Waals surface area contributed by atoms with E-state index in [1.165, 1.54) is 76.9 Å². The minimum absolute atomic E-state index is 1.09. The van der Waals surface area contributed by atoms with Crippen LogP contribution in [0.1, 0.15) is 0 Å². The molecule has 1 aromatic heterocycles. The highest BCUT2D eigenvalue weighted by Crippen LogP contribution is 2.48. The summed E-state index contributed by atoms with van der Waals surface area (Å²) in [6, 6.07) is 83.7. The molecule has 2 heteroatoms. The molecular formula is C56H38N2. The van der Waals surface area contributed by atoms with Crippen LogP contribution >= 0.6 is 0 Å². The minimum atomic E-state index is 1.09. The lowest BCUT2D eigenvalue weighted by atomic mass is 9.94. The number of nitrogens with zero attached hydrogens (tertiary/aromatic N) is 2. The van der Waals surface area contributed by atoms with Gasteiger partial charge in [-0.1, -0.05) is 194 Å². The van der Waals surface area contributed by atoms with Crippen LogP contribution in [0.2, 0.25) is 0 Å². The van der Waals surface area contributed by atoms with Crippen LogP contribution in [0.5, 0.6) is 0 Å². The molecule has 0 bridgehead atoms. The summed E-state index contributed by atoms with van der Waals surface area (Å²) in [5.41, 5.74) is 14.0. The smallest absolute Gasteiger partial charge is 0.0619 e. The Morgan fingerprint density at radius 2 is 0.828 bits per heavy atom. The van der Waals surface area contributed by atoms with Gasteiger partial charge in [-0.2, -0.15) is 0 Å². The van der Waals surface area contributed by atoms with Gasteiger partial charge in [0.15, 0.2) is 0 Å². The number of para-hydroxylation sites is 2. The van der Waals surface area contributed by atoms with Gasteiger partial charge in [-0.05, 0) is 74.8 Å². The van der Waals surface area contributed by atoms with Crippen LogP contribution in [0.25, 0.3) is 82.4 Å². The van der Waals surface area contributed by atoms with Crippen molar-refractivity contribution in [3.8, 4) is 39.1 Å². The van der Waals surface area contributed by atoms with Crippen molar-refractivity contribution in [3.05, 3.63) is 231 Å². The highest BCUT2D eigenvalue weighted by molar-refractivity contribution is 6.18. The number of hydrogen-bond donors (Lipinski definition) is 0. The summed E-state index contributed by atoms with van der Waals surface area (Å²) in [7, 11) is 0. The monoisotopic (exact) mass is 738 g/mol. The molecule has 10 aromatic carbocycles. The molecule has 58 heavy (non-hydrogen) atoms. The average Bonchev–Trinajstić information content (AvgIpc) is 3.64. The standard InChI is InChI=1S/C56H38N2/c1-3-17-39(18-4-1)40-33-36-44(37-34-40)57(51-29-13-11-25-46(51)42-19-5-2-6-20-42)53-31-16-32-54-55(53)50-27-12-14-30-52(50)58(54)56-47-26-10-8-22-43(47)35-38-49(56)48-28-15-23-41-21-7-9-24-45(41)48/h1-38H. The first-order chi connectivity index (χ1) is 28.8. The summed E-state index contributed by atoms with van der Waals surface area (Å²) in [4.78, 5) is 2.46. The molecule has 1 heterocycles. The Labute approximate surface area is 338 Å². The second-order valence-corrected chi connectivity index (χ2v) is 14.9. The lowest BCUT2D eigenvalue weighted by Crippen LogP contribution is -2.11. The van der Waals surface area contributed by atoms with Crippen molar-refractivity contribution in [2.75, 3.05) is 4.90 Å². The van der Waals surface area contributed by atoms with Crippen LogP contribution in [0.15, 0.2) is 231 Å². The molecule has 11 aromatic rings. The number of rotatable bonds is 7. The van der Waals surface area contributed by atoms with Crippen LogP contribution in [0.4, 0.5) is 17.1 Å². The third-order valence-corrected chi connectivity index (χ3v) is 11.6. The van der Waals surface area contributed by atoms with E-state index in [0.29, 0.717) is 0 Å². The second kappa shape index (κ2) is 14.1. The molecule has 0 aliphatic heterocycles. The zero-order chi connectivity index (χ0) is 38.4. The zero-order valence-electron chi connectivity index (χ0n) is 31.8. The maximum Gasteiger partial charge on any atom is 0.0619 e. The quantitative estimate of drug-likeness (QED) is 0.158. The summed E-state index contributed by atoms with van der Waals surface area (Å²) in [6.45, 7) is 0. The maximum atomic E-state index is 2.52. The van der Waals surface area contributed by atoms with Crippen molar-refractivity contribution >= 4 is 60.4 Å². The minimum Gasteiger partial charge on any atom is -0.309 e. The van der Waals surface area contributed by atoms with Gasteiger partial charge in [-0.3, -0.25) is 0 Å². The Kier molecular flexibility index (Phi) is 8.19. The summed E-state index contributed by atoms with van der Waals surface area (Å²) in [5, 5.41) is 7.29. The normalized spacial score (nSPS) is 11.4. The maximum absolute atomic E-state index is 2.52. The van der Waals surface area contributed by atoms with Gasteiger partial charge in [0.25, 0.3) is 0 Å². The van der Waals surface area contributed by atoms with Crippen molar-refractivity contribution in [3.63, 3.8) is 0 Å². The first kappa shape index (κ1) is 33.6. The zero-order valence-corrected chi connectivity index (χ0v) is 31.8. The predicted molar refractivity (Wildman–Crippen MR) is 247 cm³/mol. The molecule has 272 valence electrons. The average molecular weight is 739 g/mol. The molecule has 0 saturated carbocycles.